The maximum atomic E-state index is 12.7. The Labute approximate surface area is 220 Å². The van der Waals surface area contributed by atoms with Gasteiger partial charge in [-0.3, -0.25) is 9.59 Å². The number of carbonyl (C=O) groups excluding carboxylic acids is 2. The van der Waals surface area contributed by atoms with E-state index in [-0.39, 0.29) is 11.8 Å². The highest BCUT2D eigenvalue weighted by atomic mass is 16.5. The number of rotatable bonds is 13. The summed E-state index contributed by atoms with van der Waals surface area (Å²) in [5.41, 5.74) is 1.33. The van der Waals surface area contributed by atoms with Crippen LogP contribution < -0.4 is 10.6 Å². The number of likely N-dealkylation sites (N-methyl/N-ethyl adjacent to an activating group) is 1. The van der Waals surface area contributed by atoms with Gasteiger partial charge >= 0.3 is 0 Å². The number of allylic oxidation sites excluding steroid dienone is 1. The molecule has 1 unspecified atom stereocenters. The molecule has 10 nitrogen and oxygen atoms in total. The number of carbonyl (C=O) groups is 2. The van der Waals surface area contributed by atoms with Gasteiger partial charge in [-0.05, 0) is 53.4 Å². The molecule has 2 rings (SSSR count). The maximum absolute atomic E-state index is 12.7. The zero-order valence-electron chi connectivity index (χ0n) is 22.4. The van der Waals surface area contributed by atoms with E-state index < -0.39 is 6.04 Å². The maximum Gasteiger partial charge on any atom is 0.250 e. The summed E-state index contributed by atoms with van der Waals surface area (Å²) in [6, 6.07) is 1.31. The minimum atomic E-state index is -0.418. The number of likely N-dealkylation sites (tertiary alicyclic amines) is 1. The fourth-order valence-electron chi connectivity index (χ4n) is 3.60. The Bertz CT molecular complexity index is 1060. The molecule has 1 fully saturated rings. The third-order valence-corrected chi connectivity index (χ3v) is 5.46. The summed E-state index contributed by atoms with van der Waals surface area (Å²) in [4.78, 5) is 37.2. The van der Waals surface area contributed by atoms with Crippen molar-refractivity contribution in [2.45, 2.75) is 52.0 Å². The first-order valence-corrected chi connectivity index (χ1v) is 12.7. The van der Waals surface area contributed by atoms with Crippen LogP contribution >= 0.6 is 0 Å². The highest BCUT2D eigenvalue weighted by molar-refractivity contribution is 5.93. The van der Waals surface area contributed by atoms with E-state index >= 15 is 0 Å². The van der Waals surface area contributed by atoms with Crippen LogP contribution in [0.3, 0.4) is 0 Å². The number of aromatic nitrogens is 1. The van der Waals surface area contributed by atoms with E-state index in [0.29, 0.717) is 56.2 Å². The topological polar surface area (TPSA) is 115 Å². The molecule has 0 radical (unpaired) electrons. The smallest absolute Gasteiger partial charge is 0.250 e. The van der Waals surface area contributed by atoms with Gasteiger partial charge < -0.3 is 25.0 Å². The minimum Gasteiger partial charge on any atom is -0.369 e. The molecule has 0 saturated carbocycles. The zero-order chi connectivity index (χ0) is 27.0. The van der Waals surface area contributed by atoms with Crippen molar-refractivity contribution in [1.82, 2.24) is 25.6 Å². The van der Waals surface area contributed by atoms with Gasteiger partial charge in [0.15, 0.2) is 0 Å². The van der Waals surface area contributed by atoms with Crippen LogP contribution in [0.5, 0.6) is 0 Å². The fraction of sp³-hybridized carbons (Fsp3) is 0.519. The Morgan fingerprint density at radius 1 is 1.35 bits per heavy atom. The summed E-state index contributed by atoms with van der Waals surface area (Å²) in [5, 5.41) is 9.98. The summed E-state index contributed by atoms with van der Waals surface area (Å²) in [6.45, 7) is 10.0. The summed E-state index contributed by atoms with van der Waals surface area (Å²) in [5.74, 6) is 6.91. The van der Waals surface area contributed by atoms with Crippen molar-refractivity contribution >= 4 is 30.6 Å². The van der Waals surface area contributed by atoms with Crippen molar-refractivity contribution in [2.75, 3.05) is 40.3 Å². The molecule has 2 heterocycles. The third-order valence-electron chi connectivity index (χ3n) is 5.46. The van der Waals surface area contributed by atoms with E-state index in [4.69, 9.17) is 4.52 Å². The van der Waals surface area contributed by atoms with Crippen molar-refractivity contribution in [3.05, 3.63) is 35.3 Å². The Morgan fingerprint density at radius 2 is 2.16 bits per heavy atom. The number of hydrogen-bond acceptors (Lipinski definition) is 8. The first-order valence-electron chi connectivity index (χ1n) is 12.7. The van der Waals surface area contributed by atoms with Crippen molar-refractivity contribution in [3.8, 4) is 11.8 Å². The molecule has 2 N–H and O–H groups in total. The largest absolute Gasteiger partial charge is 0.369 e. The van der Waals surface area contributed by atoms with Gasteiger partial charge in [0.05, 0.1) is 17.5 Å². The van der Waals surface area contributed by atoms with Crippen LogP contribution in [0.15, 0.2) is 44.1 Å². The molecule has 1 saturated heterocycles. The average molecular weight is 510 g/mol. The molecule has 0 aromatic carbocycles. The number of unbranched alkanes of at least 4 members (excludes halogenated alkanes) is 1. The summed E-state index contributed by atoms with van der Waals surface area (Å²) in [7, 11) is 3.88. The Balaban J connectivity index is 1.90. The molecule has 10 heteroatoms. The zero-order valence-corrected chi connectivity index (χ0v) is 22.4. The second-order valence-corrected chi connectivity index (χ2v) is 8.96. The number of nitrogens with zero attached hydrogens (tertiary/aromatic N) is 5. The summed E-state index contributed by atoms with van der Waals surface area (Å²) < 4.78 is 5.13. The number of amides is 2. The van der Waals surface area contributed by atoms with Gasteiger partial charge in [-0.25, -0.2) is 9.98 Å². The summed E-state index contributed by atoms with van der Waals surface area (Å²) >= 11 is 0. The van der Waals surface area contributed by atoms with Crippen LogP contribution in [0, 0.1) is 18.8 Å². The molecule has 0 spiro atoms. The SMILES string of the molecule is C=N/C(NCCC)=C(/C#CCCCNC(=O)C1CCCN1C(=O)/C=C/CN(C)C)C=Nc1cc(C)no1. The molecule has 200 valence electrons. The predicted molar refractivity (Wildman–Crippen MR) is 147 cm³/mol. The van der Waals surface area contributed by atoms with Gasteiger partial charge in [-0.15, -0.1) is 0 Å². The van der Waals surface area contributed by atoms with Crippen molar-refractivity contribution in [1.29, 1.82) is 0 Å². The fourth-order valence-corrected chi connectivity index (χ4v) is 3.60. The molecular formula is C27H39N7O3. The van der Waals surface area contributed by atoms with E-state index in [2.05, 4.69) is 51.3 Å². The lowest BCUT2D eigenvalue weighted by Gasteiger charge is -2.22. The highest BCUT2D eigenvalue weighted by Crippen LogP contribution is 2.18. The second-order valence-electron chi connectivity index (χ2n) is 8.96. The van der Waals surface area contributed by atoms with Crippen molar-refractivity contribution in [2.24, 2.45) is 9.98 Å². The molecule has 0 bridgehead atoms. The normalized spacial score (nSPS) is 16.1. The van der Waals surface area contributed by atoms with Gasteiger partial charge in [-0.2, -0.15) is 0 Å². The lowest BCUT2D eigenvalue weighted by atomic mass is 10.2. The lowest BCUT2D eigenvalue weighted by molar-refractivity contribution is -0.135. The number of nitrogens with one attached hydrogen (secondary N) is 2. The van der Waals surface area contributed by atoms with Crippen LogP contribution in [0.4, 0.5) is 5.88 Å². The molecule has 1 atom stereocenters. The molecule has 37 heavy (non-hydrogen) atoms. The van der Waals surface area contributed by atoms with Crippen molar-refractivity contribution in [3.63, 3.8) is 0 Å². The average Bonchev–Trinajstić information content (AvgIpc) is 3.53. The van der Waals surface area contributed by atoms with Gasteiger partial charge in [0.1, 0.15) is 11.9 Å². The Hall–Kier alpha value is -3.71. The molecule has 1 aromatic rings. The quantitative estimate of drug-likeness (QED) is 0.183. The van der Waals surface area contributed by atoms with Gasteiger partial charge in [-0.1, -0.05) is 30.0 Å². The van der Waals surface area contributed by atoms with Crippen LogP contribution in [-0.4, -0.2) is 86.0 Å². The molecule has 2 amide bonds. The number of hydrogen-bond donors (Lipinski definition) is 2. The first-order chi connectivity index (χ1) is 17.8. The van der Waals surface area contributed by atoms with E-state index in [1.165, 1.54) is 0 Å². The van der Waals surface area contributed by atoms with Crippen molar-refractivity contribution < 1.29 is 14.1 Å². The lowest BCUT2D eigenvalue weighted by Crippen LogP contribution is -2.45. The van der Waals surface area contributed by atoms with Gasteiger partial charge in [0.2, 0.25) is 11.8 Å². The third kappa shape index (κ3) is 10.4. The number of aliphatic imine (C=N–C) groups is 2. The van der Waals surface area contributed by atoms with E-state index in [1.54, 1.807) is 23.3 Å². The Kier molecular flexibility index (Phi) is 12.9. The molecule has 0 aliphatic carbocycles. The number of aryl methyl sites for hydroxylation is 1. The standard InChI is InChI=1S/C27H39N7O3/c1-6-15-29-26(28-3)22(20-31-24-19-21(2)32-37-24)12-8-7-9-16-30-27(36)23-13-10-18-34(23)25(35)14-11-17-33(4)5/h11,14,19-20,23,29H,3,6-7,9-10,13,15-18H2,1-2,4-5H3,(H,30,36)/b14-11+,26-22+,31-20?. The van der Waals surface area contributed by atoms with Crippen LogP contribution in [0.25, 0.3) is 0 Å². The van der Waals surface area contributed by atoms with E-state index in [1.807, 2.05) is 32.0 Å². The first kappa shape index (κ1) is 29.5. The molecule has 1 aromatic heterocycles. The molecular weight excluding hydrogens is 470 g/mol. The van der Waals surface area contributed by atoms with E-state index in [9.17, 15) is 9.59 Å². The van der Waals surface area contributed by atoms with Crippen LogP contribution in [0.2, 0.25) is 0 Å². The highest BCUT2D eigenvalue weighted by Gasteiger charge is 2.32. The molecule has 1 aliphatic heterocycles. The van der Waals surface area contributed by atoms with E-state index in [0.717, 1.165) is 25.1 Å². The summed E-state index contributed by atoms with van der Waals surface area (Å²) in [6.07, 6.45) is 8.63. The predicted octanol–water partition coefficient (Wildman–Crippen LogP) is 2.61. The Morgan fingerprint density at radius 3 is 2.84 bits per heavy atom. The van der Waals surface area contributed by atoms with Crippen LogP contribution in [0.1, 0.15) is 44.7 Å². The van der Waals surface area contributed by atoms with Gasteiger partial charge in [0.25, 0.3) is 5.88 Å². The van der Waals surface area contributed by atoms with Gasteiger partial charge in [0, 0.05) is 44.7 Å². The minimum absolute atomic E-state index is 0.114. The second kappa shape index (κ2) is 16.1. The monoisotopic (exact) mass is 509 g/mol. The molecule has 1 aliphatic rings. The van der Waals surface area contributed by atoms with Crippen LogP contribution in [-0.2, 0) is 9.59 Å².